The maximum atomic E-state index is 12.6. The molecule has 0 saturated heterocycles. The van der Waals surface area contributed by atoms with Gasteiger partial charge in [0.05, 0.1) is 38.7 Å². The summed E-state index contributed by atoms with van der Waals surface area (Å²) in [7, 11) is 4.53. The van der Waals surface area contributed by atoms with E-state index in [1.165, 1.54) is 26.0 Å². The molecule has 1 amide bonds. The van der Waals surface area contributed by atoms with Gasteiger partial charge in [-0.1, -0.05) is 11.6 Å². The van der Waals surface area contributed by atoms with Crippen LogP contribution in [0.15, 0.2) is 36.5 Å². The van der Waals surface area contributed by atoms with Crippen molar-refractivity contribution in [3.63, 3.8) is 0 Å². The van der Waals surface area contributed by atoms with Gasteiger partial charge < -0.3 is 19.5 Å². The zero-order valence-corrected chi connectivity index (χ0v) is 14.6. The first-order valence-corrected chi connectivity index (χ1v) is 7.70. The molecule has 3 rings (SSSR count). The molecule has 0 spiro atoms. The molecule has 0 aliphatic rings. The molecule has 130 valence electrons. The van der Waals surface area contributed by atoms with Crippen LogP contribution in [-0.2, 0) is 0 Å². The predicted molar refractivity (Wildman–Crippen MR) is 95.3 cm³/mol. The molecule has 0 unspecified atom stereocenters. The smallest absolute Gasteiger partial charge is 0.347 e. The first-order valence-electron chi connectivity index (χ1n) is 7.32. The fraction of sp³-hybridized carbons (Fsp3) is 0.176. The molecular formula is C17H16ClN3O4. The standard InChI is InChI=1S/C17H16ClN3O4/c1-23-14-7-12(8-15(24-2)16(14)25-3)20-17(22)21-13-5-4-11(18)6-10(13)9-19-21/h4-9H,1-3H3,(H,20,22). The molecule has 0 bridgehead atoms. The van der Waals surface area contributed by atoms with Gasteiger partial charge in [0.1, 0.15) is 0 Å². The van der Waals surface area contributed by atoms with E-state index in [2.05, 4.69) is 10.4 Å². The summed E-state index contributed by atoms with van der Waals surface area (Å²) in [6.07, 6.45) is 1.58. The van der Waals surface area contributed by atoms with E-state index >= 15 is 0 Å². The number of fused-ring (bicyclic) bond motifs is 1. The van der Waals surface area contributed by atoms with Crippen LogP contribution in [0, 0.1) is 0 Å². The van der Waals surface area contributed by atoms with Crippen molar-refractivity contribution in [2.24, 2.45) is 0 Å². The lowest BCUT2D eigenvalue weighted by atomic mass is 10.2. The van der Waals surface area contributed by atoms with Gasteiger partial charge in [-0.3, -0.25) is 0 Å². The summed E-state index contributed by atoms with van der Waals surface area (Å²) in [6.45, 7) is 0. The Kier molecular flexibility index (Phi) is 4.67. The van der Waals surface area contributed by atoms with Crippen LogP contribution in [0.1, 0.15) is 0 Å². The summed E-state index contributed by atoms with van der Waals surface area (Å²) in [6, 6.07) is 8.04. The molecule has 0 radical (unpaired) electrons. The van der Waals surface area contributed by atoms with Crippen LogP contribution < -0.4 is 19.5 Å². The molecule has 1 N–H and O–H groups in total. The minimum Gasteiger partial charge on any atom is -0.493 e. The quantitative estimate of drug-likeness (QED) is 0.765. The third kappa shape index (κ3) is 3.18. The Morgan fingerprint density at radius 3 is 2.36 bits per heavy atom. The highest BCUT2D eigenvalue weighted by molar-refractivity contribution is 6.31. The fourth-order valence-electron chi connectivity index (χ4n) is 2.50. The van der Waals surface area contributed by atoms with Gasteiger partial charge in [0.2, 0.25) is 5.75 Å². The van der Waals surface area contributed by atoms with Crippen molar-refractivity contribution in [1.82, 2.24) is 9.78 Å². The van der Waals surface area contributed by atoms with Crippen LogP contribution in [0.2, 0.25) is 5.02 Å². The van der Waals surface area contributed by atoms with E-state index in [4.69, 9.17) is 25.8 Å². The highest BCUT2D eigenvalue weighted by Crippen LogP contribution is 2.40. The van der Waals surface area contributed by atoms with Gasteiger partial charge in [-0.05, 0) is 18.2 Å². The van der Waals surface area contributed by atoms with Crippen LogP contribution in [0.3, 0.4) is 0 Å². The van der Waals surface area contributed by atoms with Crippen LogP contribution in [0.4, 0.5) is 10.5 Å². The number of methoxy groups -OCH3 is 3. The molecule has 8 heteroatoms. The maximum Gasteiger partial charge on any atom is 0.347 e. The number of benzene rings is 2. The van der Waals surface area contributed by atoms with Crippen molar-refractivity contribution in [2.45, 2.75) is 0 Å². The number of hydrogen-bond acceptors (Lipinski definition) is 5. The number of ether oxygens (including phenoxy) is 3. The number of rotatable bonds is 4. The zero-order valence-electron chi connectivity index (χ0n) is 13.9. The van der Waals surface area contributed by atoms with Crippen molar-refractivity contribution >= 4 is 34.2 Å². The molecule has 0 saturated carbocycles. The second-order valence-electron chi connectivity index (χ2n) is 5.10. The van der Waals surface area contributed by atoms with Gasteiger partial charge in [0.25, 0.3) is 0 Å². The Hall–Kier alpha value is -2.93. The van der Waals surface area contributed by atoms with Crippen LogP contribution >= 0.6 is 11.6 Å². The van der Waals surface area contributed by atoms with Gasteiger partial charge in [-0.2, -0.15) is 9.78 Å². The van der Waals surface area contributed by atoms with Crippen molar-refractivity contribution in [1.29, 1.82) is 0 Å². The summed E-state index contributed by atoms with van der Waals surface area (Å²) >= 11 is 5.96. The maximum absolute atomic E-state index is 12.6. The summed E-state index contributed by atoms with van der Waals surface area (Å²) < 4.78 is 17.1. The van der Waals surface area contributed by atoms with Crippen molar-refractivity contribution in [3.8, 4) is 17.2 Å². The average Bonchev–Trinajstić information content (AvgIpc) is 3.03. The van der Waals surface area contributed by atoms with E-state index in [1.54, 1.807) is 36.5 Å². The molecule has 3 aromatic rings. The third-order valence-electron chi connectivity index (χ3n) is 3.64. The summed E-state index contributed by atoms with van der Waals surface area (Å²) in [4.78, 5) is 12.6. The van der Waals surface area contributed by atoms with E-state index < -0.39 is 6.03 Å². The molecule has 1 aromatic heterocycles. The Balaban J connectivity index is 1.94. The van der Waals surface area contributed by atoms with Crippen LogP contribution in [0.5, 0.6) is 17.2 Å². The Morgan fingerprint density at radius 1 is 1.08 bits per heavy atom. The molecule has 0 atom stereocenters. The Bertz CT molecular complexity index is 914. The lowest BCUT2D eigenvalue weighted by molar-refractivity contribution is 0.252. The highest BCUT2D eigenvalue weighted by atomic mass is 35.5. The lowest BCUT2D eigenvalue weighted by Crippen LogP contribution is -2.20. The Morgan fingerprint density at radius 2 is 1.76 bits per heavy atom. The monoisotopic (exact) mass is 361 g/mol. The number of nitrogens with one attached hydrogen (secondary N) is 1. The number of halogens is 1. The number of hydrogen-bond donors (Lipinski definition) is 1. The van der Waals surface area contributed by atoms with Crippen molar-refractivity contribution < 1.29 is 19.0 Å². The summed E-state index contributed by atoms with van der Waals surface area (Å²) in [5, 5.41) is 8.23. The number of carbonyl (C=O) groups is 1. The SMILES string of the molecule is COc1cc(NC(=O)n2ncc3cc(Cl)ccc32)cc(OC)c1OC. The van der Waals surface area contributed by atoms with E-state index in [-0.39, 0.29) is 0 Å². The topological polar surface area (TPSA) is 74.6 Å². The number of anilines is 1. The first kappa shape index (κ1) is 16.9. The van der Waals surface area contributed by atoms with Crippen LogP contribution in [-0.4, -0.2) is 37.1 Å². The lowest BCUT2D eigenvalue weighted by Gasteiger charge is -2.14. The van der Waals surface area contributed by atoms with Gasteiger partial charge in [-0.15, -0.1) is 0 Å². The summed E-state index contributed by atoms with van der Waals surface area (Å²) in [5.74, 6) is 1.32. The zero-order chi connectivity index (χ0) is 18.0. The van der Waals surface area contributed by atoms with Gasteiger partial charge >= 0.3 is 6.03 Å². The largest absolute Gasteiger partial charge is 0.493 e. The highest BCUT2D eigenvalue weighted by Gasteiger charge is 2.16. The molecule has 7 nitrogen and oxygen atoms in total. The van der Waals surface area contributed by atoms with E-state index in [0.717, 1.165) is 5.39 Å². The molecule has 0 aliphatic carbocycles. The van der Waals surface area contributed by atoms with E-state index in [0.29, 0.717) is 33.5 Å². The average molecular weight is 362 g/mol. The number of amides is 1. The minimum atomic E-state index is -0.424. The first-order chi connectivity index (χ1) is 12.1. The number of nitrogens with zero attached hydrogens (tertiary/aromatic N) is 2. The number of carbonyl (C=O) groups excluding carboxylic acids is 1. The minimum absolute atomic E-state index is 0.424. The Labute approximate surface area is 149 Å². The van der Waals surface area contributed by atoms with Crippen LogP contribution in [0.25, 0.3) is 10.9 Å². The second-order valence-corrected chi connectivity index (χ2v) is 5.54. The molecule has 0 aliphatic heterocycles. The molecule has 0 fully saturated rings. The molecule has 2 aromatic carbocycles. The molecule has 1 heterocycles. The second kappa shape index (κ2) is 6.90. The van der Waals surface area contributed by atoms with Gasteiger partial charge in [0.15, 0.2) is 11.5 Å². The number of aromatic nitrogens is 2. The van der Waals surface area contributed by atoms with Crippen molar-refractivity contribution in [3.05, 3.63) is 41.6 Å². The summed E-state index contributed by atoms with van der Waals surface area (Å²) in [5.41, 5.74) is 1.13. The van der Waals surface area contributed by atoms with Crippen molar-refractivity contribution in [2.75, 3.05) is 26.6 Å². The molecular weight excluding hydrogens is 346 g/mol. The predicted octanol–water partition coefficient (Wildman–Crippen LogP) is 3.80. The third-order valence-corrected chi connectivity index (χ3v) is 3.87. The van der Waals surface area contributed by atoms with Gasteiger partial charge in [0, 0.05) is 22.5 Å². The normalized spacial score (nSPS) is 10.6. The van der Waals surface area contributed by atoms with E-state index in [1.807, 2.05) is 0 Å². The fourth-order valence-corrected chi connectivity index (χ4v) is 2.68. The molecule has 25 heavy (non-hydrogen) atoms. The van der Waals surface area contributed by atoms with E-state index in [9.17, 15) is 4.79 Å². The van der Waals surface area contributed by atoms with Gasteiger partial charge in [-0.25, -0.2) is 4.79 Å².